The number of nitrogens with zero attached hydrogens (tertiary/aromatic N) is 3. The Labute approximate surface area is 93.9 Å². The predicted molar refractivity (Wildman–Crippen MR) is 54.1 cm³/mol. The SMILES string of the molecule is NNC(=O)c1cc(CSc2ncn[nH]2)on1. The van der Waals surface area contributed by atoms with E-state index in [0.29, 0.717) is 16.7 Å². The third-order valence-electron chi connectivity index (χ3n) is 1.67. The number of nitrogens with two attached hydrogens (primary N) is 1. The van der Waals surface area contributed by atoms with Crippen molar-refractivity contribution < 1.29 is 9.32 Å². The Morgan fingerprint density at radius 1 is 1.69 bits per heavy atom. The molecule has 0 aliphatic rings. The molecule has 0 fully saturated rings. The van der Waals surface area contributed by atoms with Crippen molar-refractivity contribution in [3.05, 3.63) is 23.8 Å². The molecule has 84 valence electrons. The number of nitrogens with one attached hydrogen (secondary N) is 2. The number of H-pyrrole nitrogens is 1. The summed E-state index contributed by atoms with van der Waals surface area (Å²) < 4.78 is 4.94. The fourth-order valence-electron chi connectivity index (χ4n) is 0.965. The minimum atomic E-state index is -0.486. The molecule has 2 aromatic heterocycles. The summed E-state index contributed by atoms with van der Waals surface area (Å²) >= 11 is 1.39. The van der Waals surface area contributed by atoms with E-state index in [4.69, 9.17) is 10.4 Å². The van der Waals surface area contributed by atoms with Gasteiger partial charge in [-0.25, -0.2) is 10.8 Å². The van der Waals surface area contributed by atoms with Crippen LogP contribution in [0.4, 0.5) is 0 Å². The van der Waals surface area contributed by atoms with Gasteiger partial charge < -0.3 is 4.52 Å². The molecule has 4 N–H and O–H groups in total. The Morgan fingerprint density at radius 3 is 3.25 bits per heavy atom. The Bertz CT molecular complexity index is 467. The summed E-state index contributed by atoms with van der Waals surface area (Å²) in [5.74, 6) is 5.52. The van der Waals surface area contributed by atoms with Gasteiger partial charge in [-0.05, 0) is 0 Å². The summed E-state index contributed by atoms with van der Waals surface area (Å²) in [4.78, 5) is 15.0. The van der Waals surface area contributed by atoms with Crippen LogP contribution in [0.3, 0.4) is 0 Å². The second-order valence-corrected chi connectivity index (χ2v) is 3.70. The molecule has 9 heteroatoms. The fourth-order valence-corrected chi connectivity index (χ4v) is 1.62. The minimum Gasteiger partial charge on any atom is -0.360 e. The maximum atomic E-state index is 11.1. The molecule has 0 saturated heterocycles. The Balaban J connectivity index is 1.95. The molecule has 2 aromatic rings. The molecule has 0 atom stereocenters. The summed E-state index contributed by atoms with van der Waals surface area (Å²) in [5.41, 5.74) is 2.12. The van der Waals surface area contributed by atoms with E-state index in [0.717, 1.165) is 0 Å². The third-order valence-corrected chi connectivity index (χ3v) is 2.57. The van der Waals surface area contributed by atoms with Crippen LogP contribution >= 0.6 is 11.8 Å². The van der Waals surface area contributed by atoms with Gasteiger partial charge >= 0.3 is 0 Å². The van der Waals surface area contributed by atoms with Crippen molar-refractivity contribution in [3.8, 4) is 0 Å². The van der Waals surface area contributed by atoms with Crippen molar-refractivity contribution >= 4 is 17.7 Å². The van der Waals surface area contributed by atoms with Crippen LogP contribution in [-0.4, -0.2) is 26.2 Å². The Morgan fingerprint density at radius 2 is 2.56 bits per heavy atom. The number of thioether (sulfide) groups is 1. The number of rotatable bonds is 4. The first-order chi connectivity index (χ1) is 7.79. The molecule has 0 aromatic carbocycles. The first-order valence-corrected chi connectivity index (χ1v) is 5.23. The van der Waals surface area contributed by atoms with E-state index in [2.05, 4.69) is 20.3 Å². The quantitative estimate of drug-likeness (QED) is 0.290. The Hall–Kier alpha value is -1.87. The molecule has 2 rings (SSSR count). The zero-order valence-electron chi connectivity index (χ0n) is 8.01. The van der Waals surface area contributed by atoms with Crippen LogP contribution in [0, 0.1) is 0 Å². The second kappa shape index (κ2) is 4.77. The number of carbonyl (C=O) groups excluding carboxylic acids is 1. The topological polar surface area (TPSA) is 123 Å². The summed E-state index contributed by atoms with van der Waals surface area (Å²) in [6, 6.07) is 1.52. The highest BCUT2D eigenvalue weighted by molar-refractivity contribution is 7.98. The highest BCUT2D eigenvalue weighted by Gasteiger charge is 2.11. The molecule has 0 aliphatic carbocycles. The summed E-state index contributed by atoms with van der Waals surface area (Å²) in [5, 5.41) is 10.6. The highest BCUT2D eigenvalue weighted by atomic mass is 32.2. The van der Waals surface area contributed by atoms with E-state index in [1.54, 1.807) is 0 Å². The van der Waals surface area contributed by atoms with Gasteiger partial charge in [0, 0.05) is 6.07 Å². The molecule has 0 unspecified atom stereocenters. The lowest BCUT2D eigenvalue weighted by Crippen LogP contribution is -2.30. The van der Waals surface area contributed by atoms with E-state index in [1.807, 2.05) is 5.43 Å². The minimum absolute atomic E-state index is 0.149. The van der Waals surface area contributed by atoms with Gasteiger partial charge in [0.2, 0.25) is 0 Å². The van der Waals surface area contributed by atoms with Gasteiger partial charge in [-0.3, -0.25) is 15.3 Å². The van der Waals surface area contributed by atoms with Crippen molar-refractivity contribution in [2.24, 2.45) is 5.84 Å². The first kappa shape index (κ1) is 10.6. The maximum Gasteiger partial charge on any atom is 0.287 e. The number of hydrogen-bond acceptors (Lipinski definition) is 7. The molecule has 16 heavy (non-hydrogen) atoms. The smallest absolute Gasteiger partial charge is 0.287 e. The second-order valence-electron chi connectivity index (χ2n) is 2.73. The largest absolute Gasteiger partial charge is 0.360 e. The fraction of sp³-hybridized carbons (Fsp3) is 0.143. The lowest BCUT2D eigenvalue weighted by atomic mass is 10.4. The number of hydrogen-bond donors (Lipinski definition) is 3. The maximum absolute atomic E-state index is 11.1. The van der Waals surface area contributed by atoms with Crippen LogP contribution in [0.25, 0.3) is 0 Å². The monoisotopic (exact) mass is 240 g/mol. The average Bonchev–Trinajstić information content (AvgIpc) is 2.96. The molecule has 0 aliphatic heterocycles. The molecule has 0 saturated carbocycles. The molecule has 0 radical (unpaired) electrons. The molecular weight excluding hydrogens is 232 g/mol. The van der Waals surface area contributed by atoms with E-state index in [1.165, 1.54) is 24.2 Å². The van der Waals surface area contributed by atoms with Crippen LogP contribution < -0.4 is 11.3 Å². The van der Waals surface area contributed by atoms with Gasteiger partial charge in [0.05, 0.1) is 5.75 Å². The van der Waals surface area contributed by atoms with Crippen molar-refractivity contribution in [2.75, 3.05) is 0 Å². The van der Waals surface area contributed by atoms with Gasteiger partial charge in [0.1, 0.15) is 12.1 Å². The molecule has 8 nitrogen and oxygen atoms in total. The van der Waals surface area contributed by atoms with Crippen LogP contribution in [0.1, 0.15) is 16.2 Å². The third kappa shape index (κ3) is 2.38. The number of hydrazine groups is 1. The number of carbonyl (C=O) groups is 1. The number of nitrogen functional groups attached to an aromatic ring is 1. The lowest BCUT2D eigenvalue weighted by molar-refractivity contribution is 0.0944. The van der Waals surface area contributed by atoms with Gasteiger partial charge in [-0.15, -0.1) is 0 Å². The highest BCUT2D eigenvalue weighted by Crippen LogP contribution is 2.18. The summed E-state index contributed by atoms with van der Waals surface area (Å²) in [6.07, 6.45) is 1.41. The number of aromatic amines is 1. The van der Waals surface area contributed by atoms with Crippen molar-refractivity contribution in [3.63, 3.8) is 0 Å². The molecular formula is C7H8N6O2S. The summed E-state index contributed by atoms with van der Waals surface area (Å²) in [6.45, 7) is 0. The number of aromatic nitrogens is 4. The van der Waals surface area contributed by atoms with Crippen LogP contribution in [0.2, 0.25) is 0 Å². The normalized spacial score (nSPS) is 10.3. The van der Waals surface area contributed by atoms with Gasteiger partial charge in [0.25, 0.3) is 5.91 Å². The summed E-state index contributed by atoms with van der Waals surface area (Å²) in [7, 11) is 0. The zero-order valence-corrected chi connectivity index (χ0v) is 8.82. The van der Waals surface area contributed by atoms with Crippen LogP contribution in [0.15, 0.2) is 22.1 Å². The van der Waals surface area contributed by atoms with Gasteiger partial charge in [0.15, 0.2) is 10.9 Å². The van der Waals surface area contributed by atoms with Gasteiger partial charge in [-0.2, -0.15) is 5.10 Å². The number of amides is 1. The van der Waals surface area contributed by atoms with E-state index < -0.39 is 5.91 Å². The van der Waals surface area contributed by atoms with E-state index >= 15 is 0 Å². The van der Waals surface area contributed by atoms with Crippen LogP contribution in [0.5, 0.6) is 0 Å². The first-order valence-electron chi connectivity index (χ1n) is 4.24. The van der Waals surface area contributed by atoms with E-state index in [-0.39, 0.29) is 5.69 Å². The zero-order chi connectivity index (χ0) is 11.4. The standard InChI is InChI=1S/C7H8N6O2S/c8-11-6(14)5-1-4(15-13-5)2-16-7-9-3-10-12-7/h1,3H,2,8H2,(H,11,14)(H,9,10,12). The average molecular weight is 240 g/mol. The van der Waals surface area contributed by atoms with Crippen molar-refractivity contribution in [1.82, 2.24) is 25.8 Å². The van der Waals surface area contributed by atoms with Crippen molar-refractivity contribution in [1.29, 1.82) is 0 Å². The van der Waals surface area contributed by atoms with Gasteiger partial charge in [-0.1, -0.05) is 16.9 Å². The molecule has 1 amide bonds. The molecule has 0 spiro atoms. The molecule has 2 heterocycles. The lowest BCUT2D eigenvalue weighted by Gasteiger charge is -1.90. The van der Waals surface area contributed by atoms with Crippen molar-refractivity contribution in [2.45, 2.75) is 10.9 Å². The predicted octanol–water partition coefficient (Wildman–Crippen LogP) is -0.312. The van der Waals surface area contributed by atoms with Crippen LogP contribution in [-0.2, 0) is 5.75 Å². The molecule has 0 bridgehead atoms. The van der Waals surface area contributed by atoms with E-state index in [9.17, 15) is 4.79 Å². The Kier molecular flexibility index (Phi) is 3.17.